The first-order chi connectivity index (χ1) is 9.87. The molecule has 0 aliphatic heterocycles. The molecule has 122 valence electrons. The van der Waals surface area contributed by atoms with E-state index < -0.39 is 10.0 Å². The topological polar surface area (TPSA) is 76.0 Å². The van der Waals surface area contributed by atoms with Crippen LogP contribution in [-0.2, 0) is 16.6 Å². The SMILES string of the molecule is CCCC(CC)NS(=O)(=O)c1c(C)nn(CCNC)c1C. The van der Waals surface area contributed by atoms with Gasteiger partial charge in [0.25, 0.3) is 0 Å². The molecule has 1 rings (SSSR count). The summed E-state index contributed by atoms with van der Waals surface area (Å²) in [5, 5.41) is 7.39. The molecule has 1 aromatic heterocycles. The minimum absolute atomic E-state index is 0.0144. The summed E-state index contributed by atoms with van der Waals surface area (Å²) in [5.74, 6) is 0. The monoisotopic (exact) mass is 316 g/mol. The number of likely N-dealkylation sites (N-methyl/N-ethyl adjacent to an activating group) is 1. The van der Waals surface area contributed by atoms with Crippen LogP contribution in [0.5, 0.6) is 0 Å². The van der Waals surface area contributed by atoms with Crippen molar-refractivity contribution in [2.24, 2.45) is 0 Å². The second-order valence-corrected chi connectivity index (χ2v) is 6.99. The molecular weight excluding hydrogens is 288 g/mol. The smallest absolute Gasteiger partial charge is 0.244 e. The second-order valence-electron chi connectivity index (χ2n) is 5.34. The molecule has 7 heteroatoms. The average molecular weight is 316 g/mol. The van der Waals surface area contributed by atoms with Crippen LogP contribution in [0.15, 0.2) is 4.90 Å². The average Bonchev–Trinajstić information content (AvgIpc) is 2.70. The molecule has 0 saturated heterocycles. The summed E-state index contributed by atoms with van der Waals surface area (Å²) < 4.78 is 29.8. The van der Waals surface area contributed by atoms with Crippen molar-refractivity contribution in [3.05, 3.63) is 11.4 Å². The van der Waals surface area contributed by atoms with Gasteiger partial charge in [0.2, 0.25) is 10.0 Å². The van der Waals surface area contributed by atoms with Crippen molar-refractivity contribution >= 4 is 10.0 Å². The first-order valence-electron chi connectivity index (χ1n) is 7.58. The van der Waals surface area contributed by atoms with Gasteiger partial charge in [0.1, 0.15) is 4.90 Å². The summed E-state index contributed by atoms with van der Waals surface area (Å²) in [7, 11) is -1.65. The Morgan fingerprint density at radius 1 is 1.29 bits per heavy atom. The molecule has 21 heavy (non-hydrogen) atoms. The maximum Gasteiger partial charge on any atom is 0.244 e. The van der Waals surface area contributed by atoms with Crippen molar-refractivity contribution in [1.82, 2.24) is 19.8 Å². The van der Waals surface area contributed by atoms with Crippen LogP contribution in [0.3, 0.4) is 0 Å². The highest BCUT2D eigenvalue weighted by atomic mass is 32.2. The lowest BCUT2D eigenvalue weighted by Crippen LogP contribution is -2.34. The van der Waals surface area contributed by atoms with Gasteiger partial charge in [-0.1, -0.05) is 20.3 Å². The summed E-state index contributed by atoms with van der Waals surface area (Å²) in [6.07, 6.45) is 2.60. The number of nitrogens with one attached hydrogen (secondary N) is 2. The predicted octanol–water partition coefficient (Wildman–Crippen LogP) is 1.58. The van der Waals surface area contributed by atoms with E-state index in [-0.39, 0.29) is 6.04 Å². The quantitative estimate of drug-likeness (QED) is 0.725. The lowest BCUT2D eigenvalue weighted by molar-refractivity contribution is 0.511. The Labute approximate surface area is 128 Å². The van der Waals surface area contributed by atoms with Crippen molar-refractivity contribution < 1.29 is 8.42 Å². The van der Waals surface area contributed by atoms with Gasteiger partial charge in [-0.05, 0) is 33.7 Å². The minimum atomic E-state index is -3.51. The molecule has 0 spiro atoms. The van der Waals surface area contributed by atoms with Crippen molar-refractivity contribution in [3.8, 4) is 0 Å². The Balaban J connectivity index is 3.05. The zero-order chi connectivity index (χ0) is 16.0. The molecule has 0 radical (unpaired) electrons. The van der Waals surface area contributed by atoms with Crippen molar-refractivity contribution in [1.29, 1.82) is 0 Å². The first-order valence-corrected chi connectivity index (χ1v) is 9.06. The molecule has 0 amide bonds. The second kappa shape index (κ2) is 7.91. The van der Waals surface area contributed by atoms with Gasteiger partial charge in [-0.3, -0.25) is 4.68 Å². The summed E-state index contributed by atoms with van der Waals surface area (Å²) >= 11 is 0. The molecular formula is C14H28N4O2S. The Hall–Kier alpha value is -0.920. The molecule has 0 fully saturated rings. The molecule has 1 unspecified atom stereocenters. The van der Waals surface area contributed by atoms with Crippen molar-refractivity contribution in [2.45, 2.75) is 64.4 Å². The van der Waals surface area contributed by atoms with E-state index in [0.29, 0.717) is 22.8 Å². The number of sulfonamides is 1. The molecule has 0 aliphatic carbocycles. The molecule has 6 nitrogen and oxygen atoms in total. The predicted molar refractivity (Wildman–Crippen MR) is 84.9 cm³/mol. The van der Waals surface area contributed by atoms with Crippen LogP contribution >= 0.6 is 0 Å². The zero-order valence-corrected chi connectivity index (χ0v) is 14.5. The molecule has 0 bridgehead atoms. The normalized spacial score (nSPS) is 13.6. The third kappa shape index (κ3) is 4.52. The molecule has 1 heterocycles. The maximum atomic E-state index is 12.6. The third-order valence-corrected chi connectivity index (χ3v) is 5.38. The zero-order valence-electron chi connectivity index (χ0n) is 13.7. The van der Waals surface area contributed by atoms with Gasteiger partial charge in [-0.15, -0.1) is 0 Å². The maximum absolute atomic E-state index is 12.6. The summed E-state index contributed by atoms with van der Waals surface area (Å²) in [6, 6.07) is -0.0144. The molecule has 2 N–H and O–H groups in total. The van der Waals surface area contributed by atoms with Crippen LogP contribution in [-0.4, -0.2) is 37.8 Å². The van der Waals surface area contributed by atoms with Crippen molar-refractivity contribution in [2.75, 3.05) is 13.6 Å². The number of hydrogen-bond donors (Lipinski definition) is 2. The van der Waals surface area contributed by atoms with Crippen LogP contribution < -0.4 is 10.0 Å². The van der Waals surface area contributed by atoms with Crippen LogP contribution in [0.2, 0.25) is 0 Å². The Morgan fingerprint density at radius 2 is 1.95 bits per heavy atom. The number of aromatic nitrogens is 2. The number of nitrogens with zero attached hydrogens (tertiary/aromatic N) is 2. The van der Waals surface area contributed by atoms with Gasteiger partial charge in [0, 0.05) is 12.6 Å². The van der Waals surface area contributed by atoms with Gasteiger partial charge >= 0.3 is 0 Å². The third-order valence-electron chi connectivity index (χ3n) is 3.61. The lowest BCUT2D eigenvalue weighted by atomic mass is 10.1. The molecule has 1 atom stereocenters. The highest BCUT2D eigenvalue weighted by Crippen LogP contribution is 2.20. The van der Waals surface area contributed by atoms with E-state index in [1.165, 1.54) is 0 Å². The van der Waals surface area contributed by atoms with Gasteiger partial charge in [0.15, 0.2) is 0 Å². The lowest BCUT2D eigenvalue weighted by Gasteiger charge is -2.16. The van der Waals surface area contributed by atoms with E-state index in [1.807, 2.05) is 20.9 Å². The Kier molecular flexibility index (Phi) is 6.83. The summed E-state index contributed by atoms with van der Waals surface area (Å²) in [4.78, 5) is 0.327. The standard InChI is InChI=1S/C14H28N4O2S/c1-6-8-13(7-2)17-21(19,20)14-11(3)16-18(12(14)4)10-9-15-5/h13,15,17H,6-10H2,1-5H3. The van der Waals surface area contributed by atoms with Crippen LogP contribution in [0.4, 0.5) is 0 Å². The van der Waals surface area contributed by atoms with E-state index in [0.717, 1.165) is 25.8 Å². The van der Waals surface area contributed by atoms with E-state index in [4.69, 9.17) is 0 Å². The van der Waals surface area contributed by atoms with E-state index in [1.54, 1.807) is 11.6 Å². The van der Waals surface area contributed by atoms with E-state index in [9.17, 15) is 8.42 Å². The van der Waals surface area contributed by atoms with Gasteiger partial charge in [-0.2, -0.15) is 5.10 Å². The number of hydrogen-bond acceptors (Lipinski definition) is 4. The summed E-state index contributed by atoms with van der Waals surface area (Å²) in [5.41, 5.74) is 1.25. The Morgan fingerprint density at radius 3 is 2.48 bits per heavy atom. The van der Waals surface area contributed by atoms with E-state index in [2.05, 4.69) is 22.1 Å². The van der Waals surface area contributed by atoms with Gasteiger partial charge in [-0.25, -0.2) is 13.1 Å². The number of aryl methyl sites for hydroxylation is 1. The minimum Gasteiger partial charge on any atom is -0.318 e. The van der Waals surface area contributed by atoms with Crippen LogP contribution in [0, 0.1) is 13.8 Å². The van der Waals surface area contributed by atoms with Gasteiger partial charge < -0.3 is 5.32 Å². The fourth-order valence-electron chi connectivity index (χ4n) is 2.48. The Bertz CT molecular complexity index is 552. The van der Waals surface area contributed by atoms with Crippen LogP contribution in [0.1, 0.15) is 44.5 Å². The van der Waals surface area contributed by atoms with Crippen molar-refractivity contribution in [3.63, 3.8) is 0 Å². The fraction of sp³-hybridized carbons (Fsp3) is 0.786. The molecule has 0 aromatic carbocycles. The van der Waals surface area contributed by atoms with E-state index >= 15 is 0 Å². The van der Waals surface area contributed by atoms with Crippen LogP contribution in [0.25, 0.3) is 0 Å². The van der Waals surface area contributed by atoms with Gasteiger partial charge in [0.05, 0.1) is 17.9 Å². The number of rotatable bonds is 9. The molecule has 1 aromatic rings. The highest BCUT2D eigenvalue weighted by molar-refractivity contribution is 7.89. The largest absolute Gasteiger partial charge is 0.318 e. The molecule has 0 aliphatic rings. The molecule has 0 saturated carbocycles. The first kappa shape index (κ1) is 18.1. The fourth-order valence-corrected chi connectivity index (χ4v) is 4.24. The highest BCUT2D eigenvalue weighted by Gasteiger charge is 2.26. The summed E-state index contributed by atoms with van der Waals surface area (Å²) in [6.45, 7) is 9.03.